The third-order valence-electron chi connectivity index (χ3n) is 5.35. The summed E-state index contributed by atoms with van der Waals surface area (Å²) in [6.45, 7) is 3.47. The Labute approximate surface area is 180 Å². The summed E-state index contributed by atoms with van der Waals surface area (Å²) in [4.78, 5) is 38.9. The van der Waals surface area contributed by atoms with Crippen molar-refractivity contribution in [3.8, 4) is 0 Å². The zero-order chi connectivity index (χ0) is 21.8. The minimum absolute atomic E-state index is 0.282. The lowest BCUT2D eigenvalue weighted by atomic mass is 10.1. The van der Waals surface area contributed by atoms with Gasteiger partial charge in [-0.2, -0.15) is 5.10 Å². The largest absolute Gasteiger partial charge is 0.348 e. The molecular formula is C24H24N4O3. The number of aromatic nitrogens is 2. The standard InChI is InChI=1S/C24H24N4O3/c1-2-3-13-28-23(30)20-10-9-19(14-21(20)24(28)31)22(29)25-15-17-5-7-18(8-6-17)16-27-12-4-11-26-27/h4-12,14H,2-3,13,15-16H2,1H3,(H,25,29). The van der Waals surface area contributed by atoms with Crippen molar-refractivity contribution in [1.29, 1.82) is 0 Å². The quantitative estimate of drug-likeness (QED) is 0.571. The Balaban J connectivity index is 1.38. The summed E-state index contributed by atoms with van der Waals surface area (Å²) in [6, 6.07) is 14.5. The number of fused-ring (bicyclic) bond motifs is 1. The van der Waals surface area contributed by atoms with E-state index in [-0.39, 0.29) is 17.7 Å². The van der Waals surface area contributed by atoms with Gasteiger partial charge in [0, 0.05) is 31.0 Å². The van der Waals surface area contributed by atoms with E-state index >= 15 is 0 Å². The molecule has 3 aromatic rings. The number of nitrogens with one attached hydrogen (secondary N) is 1. The van der Waals surface area contributed by atoms with Crippen LogP contribution in [0, 0.1) is 0 Å². The molecule has 1 aliphatic rings. The number of rotatable bonds is 8. The molecule has 1 aromatic heterocycles. The molecule has 7 heteroatoms. The van der Waals surface area contributed by atoms with Crippen LogP contribution in [-0.2, 0) is 13.1 Å². The first-order valence-electron chi connectivity index (χ1n) is 10.4. The molecule has 0 aliphatic carbocycles. The molecule has 3 amide bonds. The van der Waals surface area contributed by atoms with E-state index in [1.807, 2.05) is 48.1 Å². The van der Waals surface area contributed by atoms with Gasteiger partial charge in [0.05, 0.1) is 17.7 Å². The molecule has 0 atom stereocenters. The molecule has 0 saturated heterocycles. The number of imide groups is 1. The number of nitrogens with zero attached hydrogens (tertiary/aromatic N) is 3. The van der Waals surface area contributed by atoms with Crippen LogP contribution in [0.1, 0.15) is 62.0 Å². The molecule has 4 rings (SSSR count). The minimum atomic E-state index is -0.323. The second-order valence-corrected chi connectivity index (χ2v) is 7.58. The van der Waals surface area contributed by atoms with Gasteiger partial charge in [-0.05, 0) is 41.8 Å². The van der Waals surface area contributed by atoms with Crippen molar-refractivity contribution >= 4 is 17.7 Å². The van der Waals surface area contributed by atoms with Crippen molar-refractivity contribution in [2.24, 2.45) is 0 Å². The van der Waals surface area contributed by atoms with E-state index in [2.05, 4.69) is 10.4 Å². The van der Waals surface area contributed by atoms with Crippen molar-refractivity contribution < 1.29 is 14.4 Å². The summed E-state index contributed by atoms with van der Waals surface area (Å²) in [5.41, 5.74) is 3.12. The lowest BCUT2D eigenvalue weighted by Gasteiger charge is -2.12. The van der Waals surface area contributed by atoms with Crippen molar-refractivity contribution in [2.75, 3.05) is 6.54 Å². The number of hydrogen-bond acceptors (Lipinski definition) is 4. The van der Waals surface area contributed by atoms with Crippen LogP contribution in [0.3, 0.4) is 0 Å². The summed E-state index contributed by atoms with van der Waals surface area (Å²) >= 11 is 0. The summed E-state index contributed by atoms with van der Waals surface area (Å²) in [5, 5.41) is 7.07. The van der Waals surface area contributed by atoms with Crippen LogP contribution in [-0.4, -0.2) is 38.9 Å². The summed E-state index contributed by atoms with van der Waals surface area (Å²) in [7, 11) is 0. The second-order valence-electron chi connectivity index (χ2n) is 7.58. The van der Waals surface area contributed by atoms with E-state index in [0.29, 0.717) is 36.3 Å². The van der Waals surface area contributed by atoms with E-state index in [4.69, 9.17) is 0 Å². The van der Waals surface area contributed by atoms with Gasteiger partial charge in [0.15, 0.2) is 0 Å². The molecule has 2 aromatic carbocycles. The van der Waals surface area contributed by atoms with Gasteiger partial charge in [-0.15, -0.1) is 0 Å². The Hall–Kier alpha value is -3.74. The van der Waals surface area contributed by atoms with E-state index in [1.165, 1.54) is 11.0 Å². The van der Waals surface area contributed by atoms with Crippen LogP contribution in [0.2, 0.25) is 0 Å². The summed E-state index contributed by atoms with van der Waals surface area (Å²) in [5.74, 6) is -0.887. The van der Waals surface area contributed by atoms with Gasteiger partial charge in [-0.25, -0.2) is 0 Å². The minimum Gasteiger partial charge on any atom is -0.348 e. The fourth-order valence-electron chi connectivity index (χ4n) is 3.58. The molecular weight excluding hydrogens is 392 g/mol. The molecule has 0 radical (unpaired) electrons. The molecule has 0 unspecified atom stereocenters. The number of amides is 3. The fraction of sp³-hybridized carbons (Fsp3) is 0.250. The van der Waals surface area contributed by atoms with Crippen molar-refractivity contribution in [1.82, 2.24) is 20.0 Å². The van der Waals surface area contributed by atoms with Crippen LogP contribution < -0.4 is 5.32 Å². The molecule has 7 nitrogen and oxygen atoms in total. The topological polar surface area (TPSA) is 84.3 Å². The average molecular weight is 416 g/mol. The van der Waals surface area contributed by atoms with Crippen LogP contribution in [0.25, 0.3) is 0 Å². The fourth-order valence-corrected chi connectivity index (χ4v) is 3.58. The number of unbranched alkanes of at least 4 members (excludes halogenated alkanes) is 1. The maximum Gasteiger partial charge on any atom is 0.261 e. The smallest absolute Gasteiger partial charge is 0.261 e. The predicted octanol–water partition coefficient (Wildman–Crippen LogP) is 3.26. The number of hydrogen-bond donors (Lipinski definition) is 1. The highest BCUT2D eigenvalue weighted by atomic mass is 16.2. The Kier molecular flexibility index (Phi) is 5.93. The Morgan fingerprint density at radius 1 is 1.00 bits per heavy atom. The molecule has 2 heterocycles. The van der Waals surface area contributed by atoms with Gasteiger partial charge in [-0.3, -0.25) is 24.0 Å². The maximum absolute atomic E-state index is 12.6. The Morgan fingerprint density at radius 3 is 2.45 bits per heavy atom. The van der Waals surface area contributed by atoms with Gasteiger partial charge in [0.2, 0.25) is 0 Å². The highest BCUT2D eigenvalue weighted by Gasteiger charge is 2.35. The molecule has 0 saturated carbocycles. The molecule has 1 aliphatic heterocycles. The number of carbonyl (C=O) groups excluding carboxylic acids is 3. The summed E-state index contributed by atoms with van der Waals surface area (Å²) < 4.78 is 1.85. The first-order valence-corrected chi connectivity index (χ1v) is 10.4. The second kappa shape index (κ2) is 8.95. The predicted molar refractivity (Wildman–Crippen MR) is 116 cm³/mol. The van der Waals surface area contributed by atoms with E-state index < -0.39 is 0 Å². The molecule has 31 heavy (non-hydrogen) atoms. The van der Waals surface area contributed by atoms with Gasteiger partial charge >= 0.3 is 0 Å². The van der Waals surface area contributed by atoms with Gasteiger partial charge in [0.1, 0.15) is 0 Å². The third kappa shape index (κ3) is 4.40. The van der Waals surface area contributed by atoms with Gasteiger partial charge in [0.25, 0.3) is 17.7 Å². The zero-order valence-electron chi connectivity index (χ0n) is 17.4. The van der Waals surface area contributed by atoms with Crippen molar-refractivity contribution in [2.45, 2.75) is 32.9 Å². The molecule has 0 bridgehead atoms. The zero-order valence-corrected chi connectivity index (χ0v) is 17.4. The molecule has 1 N–H and O–H groups in total. The van der Waals surface area contributed by atoms with Crippen molar-refractivity contribution in [3.63, 3.8) is 0 Å². The van der Waals surface area contributed by atoms with E-state index in [1.54, 1.807) is 18.3 Å². The first kappa shape index (κ1) is 20.5. The Morgan fingerprint density at radius 2 is 1.74 bits per heavy atom. The van der Waals surface area contributed by atoms with Crippen LogP contribution >= 0.6 is 0 Å². The van der Waals surface area contributed by atoms with Crippen LogP contribution in [0.15, 0.2) is 60.9 Å². The lowest BCUT2D eigenvalue weighted by Crippen LogP contribution is -2.30. The highest BCUT2D eigenvalue weighted by Crippen LogP contribution is 2.24. The number of carbonyl (C=O) groups is 3. The van der Waals surface area contributed by atoms with Gasteiger partial charge in [-0.1, -0.05) is 37.6 Å². The average Bonchev–Trinajstić information content (AvgIpc) is 3.38. The Bertz CT molecular complexity index is 1100. The van der Waals surface area contributed by atoms with E-state index in [9.17, 15) is 14.4 Å². The van der Waals surface area contributed by atoms with Crippen molar-refractivity contribution in [3.05, 3.63) is 88.7 Å². The highest BCUT2D eigenvalue weighted by molar-refractivity contribution is 6.22. The third-order valence-corrected chi connectivity index (χ3v) is 5.35. The monoisotopic (exact) mass is 416 g/mol. The SMILES string of the molecule is CCCCN1C(=O)c2ccc(C(=O)NCc3ccc(Cn4cccn4)cc3)cc2C1=O. The summed E-state index contributed by atoms with van der Waals surface area (Å²) in [6.07, 6.45) is 5.31. The molecule has 0 spiro atoms. The lowest BCUT2D eigenvalue weighted by molar-refractivity contribution is 0.0652. The first-order chi connectivity index (χ1) is 15.1. The van der Waals surface area contributed by atoms with E-state index in [0.717, 1.165) is 24.0 Å². The van der Waals surface area contributed by atoms with Gasteiger partial charge < -0.3 is 5.32 Å². The normalized spacial score (nSPS) is 12.9. The maximum atomic E-state index is 12.6. The van der Waals surface area contributed by atoms with Crippen LogP contribution in [0.4, 0.5) is 0 Å². The molecule has 0 fully saturated rings. The van der Waals surface area contributed by atoms with Crippen LogP contribution in [0.5, 0.6) is 0 Å². The number of benzene rings is 2. The molecule has 158 valence electrons.